The van der Waals surface area contributed by atoms with E-state index in [0.717, 1.165) is 38.5 Å². The predicted molar refractivity (Wildman–Crippen MR) is 83.6 cm³/mol. The zero-order valence-electron chi connectivity index (χ0n) is 13.6. The summed E-state index contributed by atoms with van der Waals surface area (Å²) in [5.74, 6) is -1.01. The lowest BCUT2D eigenvalue weighted by molar-refractivity contribution is -0.141. The molecule has 1 amide bonds. The number of carbonyl (C=O) groups excluding carboxylic acids is 1. The van der Waals surface area contributed by atoms with Crippen molar-refractivity contribution in [2.75, 3.05) is 0 Å². The lowest BCUT2D eigenvalue weighted by Crippen LogP contribution is -2.51. The lowest BCUT2D eigenvalue weighted by atomic mass is 9.93. The number of aliphatic carboxylic acids is 1. The molecule has 2 aliphatic rings. The summed E-state index contributed by atoms with van der Waals surface area (Å²) >= 11 is 0. The van der Waals surface area contributed by atoms with Crippen LogP contribution in [0.15, 0.2) is 0 Å². The Hall–Kier alpha value is -1.10. The average Bonchev–Trinajstić information content (AvgIpc) is 2.73. The molecule has 2 rings (SSSR count). The lowest BCUT2D eigenvalue weighted by Gasteiger charge is -2.31. The molecule has 5 nitrogen and oxygen atoms in total. The maximum absolute atomic E-state index is 12.4. The highest BCUT2D eigenvalue weighted by Crippen LogP contribution is 2.33. The number of hydrogen-bond acceptors (Lipinski definition) is 3. The summed E-state index contributed by atoms with van der Waals surface area (Å²) in [6.45, 7) is 1.78. The van der Waals surface area contributed by atoms with Gasteiger partial charge in [0.1, 0.15) is 6.10 Å². The van der Waals surface area contributed by atoms with Gasteiger partial charge in [-0.1, -0.05) is 38.5 Å². The monoisotopic (exact) mass is 311 g/mol. The topological polar surface area (TPSA) is 75.6 Å². The number of carboxylic acid groups (broad SMARTS) is 1. The Kier molecular flexibility index (Phi) is 6.24. The smallest absolute Gasteiger partial charge is 0.305 e. The van der Waals surface area contributed by atoms with Crippen molar-refractivity contribution in [2.24, 2.45) is 0 Å². The van der Waals surface area contributed by atoms with Gasteiger partial charge in [0.2, 0.25) is 5.91 Å². The average molecular weight is 311 g/mol. The molecule has 1 atom stereocenters. The van der Waals surface area contributed by atoms with Gasteiger partial charge in [0, 0.05) is 0 Å². The van der Waals surface area contributed by atoms with E-state index in [2.05, 4.69) is 5.32 Å². The zero-order valence-corrected chi connectivity index (χ0v) is 13.6. The molecule has 0 aromatic heterocycles. The molecule has 2 aliphatic carbocycles. The predicted octanol–water partition coefficient (Wildman–Crippen LogP) is 3.02. The van der Waals surface area contributed by atoms with Crippen molar-refractivity contribution in [2.45, 2.75) is 95.3 Å². The van der Waals surface area contributed by atoms with Crippen molar-refractivity contribution < 1.29 is 19.4 Å². The van der Waals surface area contributed by atoms with Crippen LogP contribution in [0.2, 0.25) is 0 Å². The van der Waals surface area contributed by atoms with Gasteiger partial charge < -0.3 is 15.2 Å². The van der Waals surface area contributed by atoms with E-state index in [1.165, 1.54) is 25.7 Å². The fourth-order valence-corrected chi connectivity index (χ4v) is 3.78. The Bertz CT molecular complexity index is 382. The quantitative estimate of drug-likeness (QED) is 0.739. The second-order valence-electron chi connectivity index (χ2n) is 6.94. The van der Waals surface area contributed by atoms with Crippen molar-refractivity contribution in [3.63, 3.8) is 0 Å². The Labute approximate surface area is 132 Å². The third-order valence-corrected chi connectivity index (χ3v) is 5.01. The van der Waals surface area contributed by atoms with E-state index in [4.69, 9.17) is 9.84 Å². The Balaban J connectivity index is 1.87. The van der Waals surface area contributed by atoms with Gasteiger partial charge in [0.15, 0.2) is 0 Å². The van der Waals surface area contributed by atoms with Crippen LogP contribution < -0.4 is 5.32 Å². The summed E-state index contributed by atoms with van der Waals surface area (Å²) in [5.41, 5.74) is -0.565. The van der Waals surface area contributed by atoms with Crippen molar-refractivity contribution >= 4 is 11.9 Å². The van der Waals surface area contributed by atoms with E-state index in [-0.39, 0.29) is 18.4 Å². The van der Waals surface area contributed by atoms with Gasteiger partial charge in [-0.05, 0) is 32.6 Å². The van der Waals surface area contributed by atoms with Crippen LogP contribution in [0.3, 0.4) is 0 Å². The number of nitrogens with one attached hydrogen (secondary N) is 1. The molecular weight excluding hydrogens is 282 g/mol. The van der Waals surface area contributed by atoms with E-state index in [1.807, 2.05) is 0 Å². The number of hydrogen-bond donors (Lipinski definition) is 2. The van der Waals surface area contributed by atoms with Crippen molar-refractivity contribution in [3.05, 3.63) is 0 Å². The van der Waals surface area contributed by atoms with Crippen molar-refractivity contribution in [1.82, 2.24) is 5.32 Å². The van der Waals surface area contributed by atoms with Crippen LogP contribution in [0.4, 0.5) is 0 Å². The van der Waals surface area contributed by atoms with Crippen molar-refractivity contribution in [3.8, 4) is 0 Å². The maximum atomic E-state index is 12.4. The summed E-state index contributed by atoms with van der Waals surface area (Å²) in [6.07, 6.45) is 10.0. The minimum Gasteiger partial charge on any atom is -0.481 e. The molecule has 0 heterocycles. The first kappa shape index (κ1) is 17.3. The van der Waals surface area contributed by atoms with Gasteiger partial charge in [-0.3, -0.25) is 9.59 Å². The first-order valence-corrected chi connectivity index (χ1v) is 8.70. The van der Waals surface area contributed by atoms with Crippen LogP contribution >= 0.6 is 0 Å². The molecule has 0 saturated heterocycles. The summed E-state index contributed by atoms with van der Waals surface area (Å²) in [6, 6.07) is 0. The van der Waals surface area contributed by atoms with Crippen molar-refractivity contribution in [1.29, 1.82) is 0 Å². The first-order valence-electron chi connectivity index (χ1n) is 8.70. The Morgan fingerprint density at radius 2 is 1.73 bits per heavy atom. The zero-order chi connectivity index (χ0) is 16.0. The third-order valence-electron chi connectivity index (χ3n) is 5.01. The highest BCUT2D eigenvalue weighted by molar-refractivity contribution is 5.82. The van der Waals surface area contributed by atoms with Gasteiger partial charge in [0.05, 0.1) is 18.1 Å². The summed E-state index contributed by atoms with van der Waals surface area (Å²) < 4.78 is 5.93. The number of ether oxygens (including phenoxy) is 1. The number of rotatable bonds is 6. The minimum absolute atomic E-state index is 0.00882. The molecule has 0 radical (unpaired) electrons. The molecular formula is C17H29NO4. The molecule has 0 bridgehead atoms. The largest absolute Gasteiger partial charge is 0.481 e. The molecule has 2 saturated carbocycles. The van der Waals surface area contributed by atoms with Gasteiger partial charge in [0.25, 0.3) is 0 Å². The summed E-state index contributed by atoms with van der Waals surface area (Å²) in [4.78, 5) is 23.5. The number of amides is 1. The van der Waals surface area contributed by atoms with Gasteiger partial charge in [-0.2, -0.15) is 0 Å². The van der Waals surface area contributed by atoms with Crippen LogP contribution in [0.5, 0.6) is 0 Å². The number of carbonyl (C=O) groups is 2. The second kappa shape index (κ2) is 7.95. The van der Waals surface area contributed by atoms with Crippen LogP contribution in [-0.2, 0) is 14.3 Å². The molecule has 126 valence electrons. The Morgan fingerprint density at radius 1 is 1.14 bits per heavy atom. The summed E-state index contributed by atoms with van der Waals surface area (Å²) in [7, 11) is 0. The van der Waals surface area contributed by atoms with Gasteiger partial charge in [-0.25, -0.2) is 0 Å². The summed E-state index contributed by atoms with van der Waals surface area (Å²) in [5, 5.41) is 12.1. The van der Waals surface area contributed by atoms with E-state index in [1.54, 1.807) is 6.92 Å². The first-order chi connectivity index (χ1) is 10.5. The SMILES string of the molecule is CC(OC1CCCCCC1)C(=O)NC1(CC(=O)O)CCCC1. The molecule has 22 heavy (non-hydrogen) atoms. The van der Waals surface area contributed by atoms with E-state index < -0.39 is 17.6 Å². The fraction of sp³-hybridized carbons (Fsp3) is 0.882. The van der Waals surface area contributed by atoms with E-state index >= 15 is 0 Å². The fourth-order valence-electron chi connectivity index (χ4n) is 3.78. The molecule has 1 unspecified atom stereocenters. The van der Waals surface area contributed by atoms with Crippen LogP contribution in [0.1, 0.15) is 77.6 Å². The molecule has 5 heteroatoms. The van der Waals surface area contributed by atoms with Crippen LogP contribution in [0.25, 0.3) is 0 Å². The van der Waals surface area contributed by atoms with E-state index in [0.29, 0.717) is 0 Å². The molecule has 0 aliphatic heterocycles. The van der Waals surface area contributed by atoms with E-state index in [9.17, 15) is 9.59 Å². The minimum atomic E-state index is -0.848. The molecule has 0 aromatic rings. The van der Waals surface area contributed by atoms with Gasteiger partial charge >= 0.3 is 5.97 Å². The Morgan fingerprint density at radius 3 is 2.27 bits per heavy atom. The normalized spacial score (nSPS) is 23.7. The van der Waals surface area contributed by atoms with Gasteiger partial charge in [-0.15, -0.1) is 0 Å². The highest BCUT2D eigenvalue weighted by Gasteiger charge is 2.38. The molecule has 2 fully saturated rings. The van der Waals surface area contributed by atoms with Crippen LogP contribution in [-0.4, -0.2) is 34.7 Å². The standard InChI is InChI=1S/C17H29NO4/c1-13(22-14-8-4-2-3-5-9-14)16(21)18-17(12-15(19)20)10-6-7-11-17/h13-14H,2-12H2,1H3,(H,18,21)(H,19,20). The molecule has 0 aromatic carbocycles. The number of carboxylic acids is 1. The molecule has 0 spiro atoms. The maximum Gasteiger partial charge on any atom is 0.305 e. The van der Waals surface area contributed by atoms with Crippen LogP contribution in [0, 0.1) is 0 Å². The third kappa shape index (κ3) is 4.97. The highest BCUT2D eigenvalue weighted by atomic mass is 16.5. The second-order valence-corrected chi connectivity index (χ2v) is 6.94. The molecule has 2 N–H and O–H groups in total.